The van der Waals surface area contributed by atoms with Crippen molar-refractivity contribution in [3.8, 4) is 0 Å². The van der Waals surface area contributed by atoms with E-state index in [9.17, 15) is 4.79 Å². The molecule has 1 atom stereocenters. The van der Waals surface area contributed by atoms with E-state index in [4.69, 9.17) is 11.6 Å². The highest BCUT2D eigenvalue weighted by Crippen LogP contribution is 2.26. The van der Waals surface area contributed by atoms with Crippen molar-refractivity contribution in [1.82, 2.24) is 4.90 Å². The predicted molar refractivity (Wildman–Crippen MR) is 84.5 cm³/mol. The van der Waals surface area contributed by atoms with Crippen molar-refractivity contribution in [3.63, 3.8) is 0 Å². The minimum Gasteiger partial charge on any atom is -0.383 e. The number of benzene rings is 1. The molecule has 0 spiro atoms. The van der Waals surface area contributed by atoms with Gasteiger partial charge in [0.25, 0.3) is 0 Å². The third-order valence-electron chi connectivity index (χ3n) is 3.74. The largest absolute Gasteiger partial charge is 0.383 e. The molecule has 0 radical (unpaired) electrons. The fourth-order valence-corrected chi connectivity index (χ4v) is 2.78. The van der Waals surface area contributed by atoms with E-state index in [1.54, 1.807) is 0 Å². The van der Waals surface area contributed by atoms with Crippen molar-refractivity contribution in [2.24, 2.45) is 0 Å². The van der Waals surface area contributed by atoms with Crippen molar-refractivity contribution in [1.29, 1.82) is 0 Å². The summed E-state index contributed by atoms with van der Waals surface area (Å²) in [6.07, 6.45) is 3.84. The van der Waals surface area contributed by atoms with Crippen molar-refractivity contribution in [2.45, 2.75) is 32.2 Å². The van der Waals surface area contributed by atoms with Crippen LogP contribution in [0, 0.1) is 0 Å². The first-order valence-corrected chi connectivity index (χ1v) is 7.45. The summed E-state index contributed by atoms with van der Waals surface area (Å²) in [4.78, 5) is 13.4. The molecule has 1 heterocycles. The van der Waals surface area contributed by atoms with Gasteiger partial charge in [-0.2, -0.15) is 0 Å². The number of nitrogens with zero attached hydrogens (tertiary/aromatic N) is 1. The van der Waals surface area contributed by atoms with Crippen LogP contribution < -0.4 is 10.6 Å². The van der Waals surface area contributed by atoms with Crippen LogP contribution in [-0.2, 0) is 4.79 Å². The van der Waals surface area contributed by atoms with Gasteiger partial charge in [0.15, 0.2) is 0 Å². The number of carbonyl (C=O) groups is 1. The van der Waals surface area contributed by atoms with E-state index in [0.29, 0.717) is 16.8 Å². The van der Waals surface area contributed by atoms with Crippen LogP contribution >= 0.6 is 11.6 Å². The van der Waals surface area contributed by atoms with Gasteiger partial charge in [-0.25, -0.2) is 0 Å². The number of nitrogens with one attached hydrogen (secondary N) is 2. The van der Waals surface area contributed by atoms with Crippen molar-refractivity contribution >= 4 is 28.9 Å². The molecule has 0 aliphatic carbocycles. The summed E-state index contributed by atoms with van der Waals surface area (Å²) in [5, 5.41) is 6.69. The molecule has 110 valence electrons. The number of halogens is 1. The number of anilines is 2. The van der Waals surface area contributed by atoms with E-state index in [0.717, 1.165) is 12.2 Å². The smallest absolute Gasteiger partial charge is 0.221 e. The average molecular weight is 296 g/mol. The minimum absolute atomic E-state index is 0.114. The molecular weight excluding hydrogens is 274 g/mol. The number of piperidine rings is 1. The van der Waals surface area contributed by atoms with Crippen LogP contribution in [0.2, 0.25) is 5.02 Å². The van der Waals surface area contributed by atoms with Gasteiger partial charge in [0.1, 0.15) is 0 Å². The molecule has 0 saturated carbocycles. The zero-order valence-electron chi connectivity index (χ0n) is 12.1. The Balaban J connectivity index is 1.93. The van der Waals surface area contributed by atoms with Crippen LogP contribution in [0.1, 0.15) is 26.2 Å². The van der Waals surface area contributed by atoms with Crippen LogP contribution in [0.3, 0.4) is 0 Å². The van der Waals surface area contributed by atoms with E-state index in [1.807, 2.05) is 18.2 Å². The number of likely N-dealkylation sites (tertiary alicyclic amines) is 1. The lowest BCUT2D eigenvalue weighted by Crippen LogP contribution is -2.40. The van der Waals surface area contributed by atoms with E-state index >= 15 is 0 Å². The second kappa shape index (κ2) is 6.95. The molecule has 1 fully saturated rings. The van der Waals surface area contributed by atoms with Gasteiger partial charge < -0.3 is 15.5 Å². The molecule has 1 unspecified atom stereocenters. The fourth-order valence-electron chi connectivity index (χ4n) is 2.55. The van der Waals surface area contributed by atoms with Gasteiger partial charge in [-0.3, -0.25) is 4.79 Å². The molecule has 4 nitrogen and oxygen atoms in total. The quantitative estimate of drug-likeness (QED) is 0.896. The molecule has 0 bridgehead atoms. The van der Waals surface area contributed by atoms with E-state index in [1.165, 1.54) is 32.7 Å². The summed E-state index contributed by atoms with van der Waals surface area (Å²) in [5.74, 6) is -0.114. The SMILES string of the molecule is CC(=O)Nc1ccc(NCC2CCCCN2C)cc1Cl. The fraction of sp³-hybridized carbons (Fsp3) is 0.533. The van der Waals surface area contributed by atoms with E-state index < -0.39 is 0 Å². The zero-order valence-corrected chi connectivity index (χ0v) is 12.8. The molecule has 1 amide bonds. The summed E-state index contributed by atoms with van der Waals surface area (Å²) < 4.78 is 0. The zero-order chi connectivity index (χ0) is 14.5. The highest BCUT2D eigenvalue weighted by atomic mass is 35.5. The lowest BCUT2D eigenvalue weighted by atomic mass is 10.0. The second-order valence-electron chi connectivity index (χ2n) is 5.39. The highest BCUT2D eigenvalue weighted by molar-refractivity contribution is 6.34. The molecule has 1 aromatic carbocycles. The Kier molecular flexibility index (Phi) is 5.26. The molecular formula is C15H22ClN3O. The average Bonchev–Trinajstić information content (AvgIpc) is 2.40. The summed E-state index contributed by atoms with van der Waals surface area (Å²) in [5.41, 5.74) is 1.64. The maximum Gasteiger partial charge on any atom is 0.221 e. The Bertz CT molecular complexity index is 478. The van der Waals surface area contributed by atoms with Crippen LogP contribution in [0.4, 0.5) is 11.4 Å². The minimum atomic E-state index is -0.114. The molecule has 0 aromatic heterocycles. The molecule has 1 aliphatic heterocycles. The normalized spacial score (nSPS) is 19.6. The van der Waals surface area contributed by atoms with Crippen LogP contribution in [0.25, 0.3) is 0 Å². The van der Waals surface area contributed by atoms with Gasteiger partial charge in [0.2, 0.25) is 5.91 Å². The molecule has 2 N–H and O–H groups in total. The van der Waals surface area contributed by atoms with E-state index in [-0.39, 0.29) is 5.91 Å². The molecule has 1 aliphatic rings. The van der Waals surface area contributed by atoms with E-state index in [2.05, 4.69) is 22.6 Å². The maximum absolute atomic E-state index is 11.0. The Hall–Kier alpha value is -1.26. The number of carbonyl (C=O) groups excluding carboxylic acids is 1. The van der Waals surface area contributed by atoms with Gasteiger partial charge in [-0.1, -0.05) is 18.0 Å². The molecule has 20 heavy (non-hydrogen) atoms. The third-order valence-corrected chi connectivity index (χ3v) is 4.06. The lowest BCUT2D eigenvalue weighted by molar-refractivity contribution is -0.114. The Morgan fingerprint density at radius 3 is 2.90 bits per heavy atom. The first kappa shape index (κ1) is 15.1. The summed E-state index contributed by atoms with van der Waals surface area (Å²) in [7, 11) is 2.18. The Labute approximate surface area is 125 Å². The number of likely N-dealkylation sites (N-methyl/N-ethyl adjacent to an activating group) is 1. The molecule has 1 aromatic rings. The summed E-state index contributed by atoms with van der Waals surface area (Å²) in [6, 6.07) is 6.21. The number of rotatable bonds is 4. The van der Waals surface area contributed by atoms with Crippen LogP contribution in [-0.4, -0.2) is 37.0 Å². The van der Waals surface area contributed by atoms with Gasteiger partial charge in [-0.05, 0) is 44.6 Å². The topological polar surface area (TPSA) is 44.4 Å². The predicted octanol–water partition coefficient (Wildman–Crippen LogP) is 3.19. The highest BCUT2D eigenvalue weighted by Gasteiger charge is 2.18. The van der Waals surface area contributed by atoms with Crippen molar-refractivity contribution in [3.05, 3.63) is 23.2 Å². The van der Waals surface area contributed by atoms with Crippen molar-refractivity contribution < 1.29 is 4.79 Å². The van der Waals surface area contributed by atoms with Gasteiger partial charge in [0.05, 0.1) is 10.7 Å². The van der Waals surface area contributed by atoms with Crippen LogP contribution in [0.15, 0.2) is 18.2 Å². The Morgan fingerprint density at radius 2 is 2.25 bits per heavy atom. The molecule has 5 heteroatoms. The first-order chi connectivity index (χ1) is 9.56. The summed E-state index contributed by atoms with van der Waals surface area (Å²) >= 11 is 6.16. The first-order valence-electron chi connectivity index (χ1n) is 7.07. The van der Waals surface area contributed by atoms with Gasteiger partial charge in [0, 0.05) is 25.2 Å². The van der Waals surface area contributed by atoms with Crippen LogP contribution in [0.5, 0.6) is 0 Å². The summed E-state index contributed by atoms with van der Waals surface area (Å²) in [6.45, 7) is 3.57. The Morgan fingerprint density at radius 1 is 1.45 bits per heavy atom. The maximum atomic E-state index is 11.0. The van der Waals surface area contributed by atoms with Gasteiger partial charge in [-0.15, -0.1) is 0 Å². The second-order valence-corrected chi connectivity index (χ2v) is 5.79. The lowest BCUT2D eigenvalue weighted by Gasteiger charge is -2.32. The third kappa shape index (κ3) is 4.12. The molecule has 1 saturated heterocycles. The monoisotopic (exact) mass is 295 g/mol. The molecule has 2 rings (SSSR count). The van der Waals surface area contributed by atoms with Gasteiger partial charge >= 0.3 is 0 Å². The number of amides is 1. The standard InChI is InChI=1S/C15H22ClN3O/c1-11(20)18-15-7-6-12(9-14(15)16)17-10-13-5-3-4-8-19(13)2/h6-7,9,13,17H,3-5,8,10H2,1-2H3,(H,18,20). The number of hydrogen-bond donors (Lipinski definition) is 2. The van der Waals surface area contributed by atoms with Crippen molar-refractivity contribution in [2.75, 3.05) is 30.8 Å². The number of hydrogen-bond acceptors (Lipinski definition) is 3.